The SMILES string of the molecule is CC(=O)c1ccc2c(c1)N(C(C)C)C(C)C2. The van der Waals surface area contributed by atoms with Crippen LogP contribution in [0.1, 0.15) is 43.6 Å². The van der Waals surface area contributed by atoms with Gasteiger partial charge < -0.3 is 4.90 Å². The molecule has 1 aliphatic heterocycles. The highest BCUT2D eigenvalue weighted by Crippen LogP contribution is 2.34. The van der Waals surface area contributed by atoms with Crippen LogP contribution in [0.4, 0.5) is 5.69 Å². The summed E-state index contributed by atoms with van der Waals surface area (Å²) in [6, 6.07) is 7.11. The van der Waals surface area contributed by atoms with Gasteiger partial charge in [0.05, 0.1) is 0 Å². The minimum Gasteiger partial charge on any atom is -0.366 e. The fourth-order valence-corrected chi connectivity index (χ4v) is 2.64. The van der Waals surface area contributed by atoms with Crippen LogP contribution in [0.3, 0.4) is 0 Å². The number of ketones is 1. The van der Waals surface area contributed by atoms with Crippen LogP contribution in [-0.4, -0.2) is 17.9 Å². The average Bonchev–Trinajstić information content (AvgIpc) is 2.51. The van der Waals surface area contributed by atoms with Crippen LogP contribution in [0, 0.1) is 0 Å². The fraction of sp³-hybridized carbons (Fsp3) is 0.500. The molecule has 1 aromatic carbocycles. The first-order valence-electron chi connectivity index (χ1n) is 5.93. The summed E-state index contributed by atoms with van der Waals surface area (Å²) in [7, 11) is 0. The van der Waals surface area contributed by atoms with Crippen LogP contribution in [-0.2, 0) is 6.42 Å². The smallest absolute Gasteiger partial charge is 0.159 e. The lowest BCUT2D eigenvalue weighted by Gasteiger charge is -2.29. The largest absolute Gasteiger partial charge is 0.366 e. The van der Waals surface area contributed by atoms with Crippen molar-refractivity contribution in [3.05, 3.63) is 29.3 Å². The van der Waals surface area contributed by atoms with Gasteiger partial charge in [0.15, 0.2) is 5.78 Å². The third kappa shape index (κ3) is 1.73. The second kappa shape index (κ2) is 3.93. The normalized spacial score (nSPS) is 19.1. The first kappa shape index (κ1) is 11.2. The molecule has 0 radical (unpaired) electrons. The molecule has 0 amide bonds. The van der Waals surface area contributed by atoms with Crippen molar-refractivity contribution in [2.45, 2.75) is 46.2 Å². The molecule has 0 fully saturated rings. The van der Waals surface area contributed by atoms with Crippen molar-refractivity contribution >= 4 is 11.5 Å². The Labute approximate surface area is 97.3 Å². The Morgan fingerprint density at radius 1 is 1.44 bits per heavy atom. The van der Waals surface area contributed by atoms with E-state index in [1.165, 1.54) is 11.3 Å². The molecule has 1 aliphatic rings. The van der Waals surface area contributed by atoms with Gasteiger partial charge in [-0.1, -0.05) is 12.1 Å². The highest BCUT2D eigenvalue weighted by molar-refractivity contribution is 5.95. The second-order valence-electron chi connectivity index (χ2n) is 4.95. The van der Waals surface area contributed by atoms with E-state index in [2.05, 4.69) is 31.7 Å². The third-order valence-electron chi connectivity index (χ3n) is 3.32. The van der Waals surface area contributed by atoms with Crippen molar-refractivity contribution in [3.8, 4) is 0 Å². The van der Waals surface area contributed by atoms with E-state index in [0.29, 0.717) is 12.1 Å². The Balaban J connectivity index is 2.46. The lowest BCUT2D eigenvalue weighted by molar-refractivity contribution is 0.101. The zero-order valence-corrected chi connectivity index (χ0v) is 10.4. The van der Waals surface area contributed by atoms with Gasteiger partial charge in [0.25, 0.3) is 0 Å². The maximum absolute atomic E-state index is 11.4. The van der Waals surface area contributed by atoms with Gasteiger partial charge in [-0.15, -0.1) is 0 Å². The van der Waals surface area contributed by atoms with E-state index in [4.69, 9.17) is 0 Å². The molecule has 0 N–H and O–H groups in total. The molecule has 16 heavy (non-hydrogen) atoms. The van der Waals surface area contributed by atoms with Crippen molar-refractivity contribution in [2.75, 3.05) is 4.90 Å². The van der Waals surface area contributed by atoms with E-state index in [1.807, 2.05) is 12.1 Å². The van der Waals surface area contributed by atoms with Crippen molar-refractivity contribution in [1.82, 2.24) is 0 Å². The van der Waals surface area contributed by atoms with Gasteiger partial charge >= 0.3 is 0 Å². The molecule has 0 saturated carbocycles. The number of anilines is 1. The number of hydrogen-bond donors (Lipinski definition) is 0. The van der Waals surface area contributed by atoms with E-state index >= 15 is 0 Å². The van der Waals surface area contributed by atoms with Gasteiger partial charge in [-0.25, -0.2) is 0 Å². The number of benzene rings is 1. The summed E-state index contributed by atoms with van der Waals surface area (Å²) < 4.78 is 0. The van der Waals surface area contributed by atoms with Crippen LogP contribution in [0.15, 0.2) is 18.2 Å². The van der Waals surface area contributed by atoms with Crippen LogP contribution < -0.4 is 4.90 Å². The summed E-state index contributed by atoms with van der Waals surface area (Å²) in [4.78, 5) is 13.8. The predicted octanol–water partition coefficient (Wildman–Crippen LogP) is 3.05. The molecule has 0 bridgehead atoms. The Bertz CT molecular complexity index is 423. The van der Waals surface area contributed by atoms with E-state index < -0.39 is 0 Å². The van der Waals surface area contributed by atoms with Gasteiger partial charge in [-0.3, -0.25) is 4.79 Å². The molecule has 0 aliphatic carbocycles. The van der Waals surface area contributed by atoms with Crippen LogP contribution in [0.25, 0.3) is 0 Å². The predicted molar refractivity (Wildman–Crippen MR) is 67.2 cm³/mol. The highest BCUT2D eigenvalue weighted by atomic mass is 16.1. The fourth-order valence-electron chi connectivity index (χ4n) is 2.64. The van der Waals surface area contributed by atoms with Gasteiger partial charge in [-0.05, 0) is 45.7 Å². The molecule has 86 valence electrons. The first-order valence-corrected chi connectivity index (χ1v) is 5.93. The second-order valence-corrected chi connectivity index (χ2v) is 4.95. The summed E-state index contributed by atoms with van der Waals surface area (Å²) in [5, 5.41) is 0. The zero-order chi connectivity index (χ0) is 11.9. The molecule has 1 unspecified atom stereocenters. The third-order valence-corrected chi connectivity index (χ3v) is 3.32. The molecule has 0 saturated heterocycles. The molecule has 1 atom stereocenters. The van der Waals surface area contributed by atoms with E-state index in [9.17, 15) is 4.79 Å². The van der Waals surface area contributed by atoms with Crippen LogP contribution in [0.2, 0.25) is 0 Å². The molecular formula is C14H19NO. The summed E-state index contributed by atoms with van der Waals surface area (Å²) in [6.07, 6.45) is 1.09. The molecule has 2 heteroatoms. The quantitative estimate of drug-likeness (QED) is 0.710. The molecule has 0 spiro atoms. The number of rotatable bonds is 2. The topological polar surface area (TPSA) is 20.3 Å². The number of carbonyl (C=O) groups excluding carboxylic acids is 1. The summed E-state index contributed by atoms with van der Waals surface area (Å²) >= 11 is 0. The van der Waals surface area contributed by atoms with Crippen molar-refractivity contribution in [2.24, 2.45) is 0 Å². The summed E-state index contributed by atoms with van der Waals surface area (Å²) in [5.41, 5.74) is 3.43. The van der Waals surface area contributed by atoms with Crippen LogP contribution >= 0.6 is 0 Å². The summed E-state index contributed by atoms with van der Waals surface area (Å²) in [6.45, 7) is 8.27. The Morgan fingerprint density at radius 2 is 2.12 bits per heavy atom. The molecule has 0 aromatic heterocycles. The molecule has 2 nitrogen and oxygen atoms in total. The van der Waals surface area contributed by atoms with Crippen molar-refractivity contribution < 1.29 is 4.79 Å². The lowest BCUT2D eigenvalue weighted by Crippen LogP contribution is -2.35. The Morgan fingerprint density at radius 3 is 2.69 bits per heavy atom. The standard InChI is InChI=1S/C14H19NO/c1-9(2)15-10(3)7-13-6-5-12(11(4)16)8-14(13)15/h5-6,8-10H,7H2,1-4H3. The van der Waals surface area contributed by atoms with Gasteiger partial charge in [0, 0.05) is 23.3 Å². The van der Waals surface area contributed by atoms with E-state index in [1.54, 1.807) is 6.92 Å². The number of Topliss-reactive ketones (excluding diaryl/α,β-unsaturated/α-hetero) is 1. The maximum atomic E-state index is 11.4. The molecule has 1 heterocycles. The Kier molecular flexibility index (Phi) is 2.75. The maximum Gasteiger partial charge on any atom is 0.159 e. The van der Waals surface area contributed by atoms with Gasteiger partial charge in [0.1, 0.15) is 0 Å². The number of fused-ring (bicyclic) bond motifs is 1. The first-order chi connectivity index (χ1) is 7.50. The number of carbonyl (C=O) groups is 1. The monoisotopic (exact) mass is 217 g/mol. The number of hydrogen-bond acceptors (Lipinski definition) is 2. The summed E-state index contributed by atoms with van der Waals surface area (Å²) in [5.74, 6) is 0.144. The van der Waals surface area contributed by atoms with Crippen LogP contribution in [0.5, 0.6) is 0 Å². The molecule has 1 aromatic rings. The molecule has 2 rings (SSSR count). The number of nitrogens with zero attached hydrogens (tertiary/aromatic N) is 1. The lowest BCUT2D eigenvalue weighted by atomic mass is 10.1. The van der Waals surface area contributed by atoms with Crippen molar-refractivity contribution in [3.63, 3.8) is 0 Å². The van der Waals surface area contributed by atoms with Crippen molar-refractivity contribution in [1.29, 1.82) is 0 Å². The minimum atomic E-state index is 0.144. The highest BCUT2D eigenvalue weighted by Gasteiger charge is 2.28. The molecular weight excluding hydrogens is 198 g/mol. The van der Waals surface area contributed by atoms with Gasteiger partial charge in [0.2, 0.25) is 0 Å². The average molecular weight is 217 g/mol. The minimum absolute atomic E-state index is 0.144. The van der Waals surface area contributed by atoms with Gasteiger partial charge in [-0.2, -0.15) is 0 Å². The van der Waals surface area contributed by atoms with E-state index in [-0.39, 0.29) is 5.78 Å². The Hall–Kier alpha value is -1.31. The zero-order valence-electron chi connectivity index (χ0n) is 10.4. The van der Waals surface area contributed by atoms with E-state index in [0.717, 1.165) is 12.0 Å².